The zero-order chi connectivity index (χ0) is 19.9. The Balaban J connectivity index is 2.03. The van der Waals surface area contributed by atoms with Crippen molar-refractivity contribution in [3.8, 4) is 11.3 Å². The van der Waals surface area contributed by atoms with Crippen molar-refractivity contribution in [2.45, 2.75) is 12.6 Å². The van der Waals surface area contributed by atoms with Crippen LogP contribution in [0.25, 0.3) is 11.3 Å². The molecule has 27 heavy (non-hydrogen) atoms. The van der Waals surface area contributed by atoms with E-state index in [1.54, 1.807) is 0 Å². The van der Waals surface area contributed by atoms with Crippen molar-refractivity contribution in [2.75, 3.05) is 5.73 Å². The van der Waals surface area contributed by atoms with E-state index in [4.69, 9.17) is 5.73 Å². The highest BCUT2D eigenvalue weighted by Crippen LogP contribution is 2.32. The van der Waals surface area contributed by atoms with Gasteiger partial charge >= 0.3 is 6.18 Å². The van der Waals surface area contributed by atoms with Gasteiger partial charge < -0.3 is 5.73 Å². The van der Waals surface area contributed by atoms with Crippen LogP contribution in [0.4, 0.5) is 32.2 Å². The van der Waals surface area contributed by atoms with Crippen molar-refractivity contribution >= 4 is 5.82 Å². The van der Waals surface area contributed by atoms with E-state index >= 15 is 0 Å². The molecule has 0 fully saturated rings. The van der Waals surface area contributed by atoms with Crippen LogP contribution in [0.1, 0.15) is 16.8 Å². The highest BCUT2D eigenvalue weighted by molar-refractivity contribution is 5.63. The van der Waals surface area contributed by atoms with Crippen LogP contribution >= 0.6 is 0 Å². The van der Waals surface area contributed by atoms with Crippen LogP contribution in [-0.4, -0.2) is 14.8 Å². The van der Waals surface area contributed by atoms with Crippen LogP contribution in [0.2, 0.25) is 0 Å². The van der Waals surface area contributed by atoms with Crippen LogP contribution in [-0.2, 0) is 19.6 Å². The number of benzene rings is 1. The van der Waals surface area contributed by atoms with Gasteiger partial charge in [-0.25, -0.2) is 18.2 Å². The van der Waals surface area contributed by atoms with E-state index in [9.17, 15) is 26.3 Å². The molecule has 0 radical (unpaired) electrons. The van der Waals surface area contributed by atoms with Gasteiger partial charge in [-0.3, -0.25) is 4.68 Å². The van der Waals surface area contributed by atoms with Crippen molar-refractivity contribution in [1.29, 1.82) is 0 Å². The van der Waals surface area contributed by atoms with Gasteiger partial charge in [0.05, 0.1) is 5.69 Å². The molecule has 4 nitrogen and oxygen atoms in total. The van der Waals surface area contributed by atoms with Crippen LogP contribution in [0.5, 0.6) is 0 Å². The molecule has 2 heterocycles. The lowest BCUT2D eigenvalue weighted by molar-refractivity contribution is -0.141. The first kappa shape index (κ1) is 18.7. The lowest BCUT2D eigenvalue weighted by Gasteiger charge is -2.10. The summed E-state index contributed by atoms with van der Waals surface area (Å²) >= 11 is 0. The van der Waals surface area contributed by atoms with Crippen molar-refractivity contribution in [3.05, 3.63) is 64.7 Å². The Kier molecular flexibility index (Phi) is 4.58. The molecule has 1 aromatic carbocycles. The normalized spacial score (nSPS) is 11.8. The first-order valence-electron chi connectivity index (χ1n) is 7.55. The summed E-state index contributed by atoms with van der Waals surface area (Å²) in [5, 5.41) is 3.40. The molecule has 0 atom stereocenters. The fraction of sp³-hybridized carbons (Fsp3) is 0.176. The number of halogens is 6. The molecule has 2 aromatic heterocycles. The first-order valence-corrected chi connectivity index (χ1v) is 7.55. The number of pyridine rings is 1. The zero-order valence-corrected chi connectivity index (χ0v) is 13.8. The maximum atomic E-state index is 13.9. The Hall–Kier alpha value is -3.04. The van der Waals surface area contributed by atoms with Crippen molar-refractivity contribution in [1.82, 2.24) is 14.8 Å². The molecule has 0 saturated carbocycles. The number of rotatable bonds is 3. The molecule has 0 bridgehead atoms. The third-order valence-electron chi connectivity index (χ3n) is 3.94. The van der Waals surface area contributed by atoms with E-state index in [1.165, 1.54) is 19.3 Å². The number of alkyl halides is 3. The summed E-state index contributed by atoms with van der Waals surface area (Å²) in [5.74, 6) is -3.32. The Morgan fingerprint density at radius 3 is 2.22 bits per heavy atom. The van der Waals surface area contributed by atoms with Gasteiger partial charge in [-0.05, 0) is 17.7 Å². The third kappa shape index (κ3) is 3.74. The third-order valence-corrected chi connectivity index (χ3v) is 3.94. The van der Waals surface area contributed by atoms with E-state index in [-0.39, 0.29) is 29.1 Å². The summed E-state index contributed by atoms with van der Waals surface area (Å²) in [4.78, 5) is 3.88. The summed E-state index contributed by atoms with van der Waals surface area (Å²) in [6.07, 6.45) is -3.75. The number of aryl methyl sites for hydroxylation is 1. The van der Waals surface area contributed by atoms with Crippen LogP contribution in [0.15, 0.2) is 30.5 Å². The molecule has 0 aliphatic heterocycles. The van der Waals surface area contributed by atoms with E-state index in [1.807, 2.05) is 0 Å². The molecule has 0 spiro atoms. The predicted octanol–water partition coefficient (Wildman–Crippen LogP) is 4.09. The Morgan fingerprint density at radius 2 is 1.67 bits per heavy atom. The minimum absolute atomic E-state index is 0.0555. The van der Waals surface area contributed by atoms with E-state index in [2.05, 4.69) is 10.1 Å². The van der Waals surface area contributed by atoms with Gasteiger partial charge in [0, 0.05) is 42.9 Å². The second kappa shape index (κ2) is 6.60. The Bertz CT molecular complexity index is 986. The number of anilines is 1. The average Bonchev–Trinajstić information content (AvgIpc) is 2.94. The van der Waals surface area contributed by atoms with Gasteiger partial charge in [0.2, 0.25) is 0 Å². The maximum absolute atomic E-state index is 13.9. The predicted molar refractivity (Wildman–Crippen MR) is 85.0 cm³/mol. The number of aromatic nitrogens is 3. The number of nitrogens with two attached hydrogens (primary N) is 1. The smallest absolute Gasteiger partial charge is 0.383 e. The van der Waals surface area contributed by atoms with Gasteiger partial charge in [0.25, 0.3) is 0 Å². The number of nitrogens with zero attached hydrogens (tertiary/aromatic N) is 3. The van der Waals surface area contributed by atoms with Gasteiger partial charge in [-0.2, -0.15) is 18.3 Å². The van der Waals surface area contributed by atoms with Crippen LogP contribution in [0, 0.1) is 17.5 Å². The van der Waals surface area contributed by atoms with Gasteiger partial charge in [0.15, 0.2) is 5.69 Å². The first-order chi connectivity index (χ1) is 12.6. The van der Waals surface area contributed by atoms with Crippen molar-refractivity contribution < 1.29 is 26.3 Å². The molecule has 10 heteroatoms. The SMILES string of the molecule is Cn1nc(C(F)(F)F)cc1-c1cnc(N)c(Cc2c(F)cc(F)cc2F)c1. The number of hydrogen-bond donors (Lipinski definition) is 1. The highest BCUT2D eigenvalue weighted by Gasteiger charge is 2.34. The van der Waals surface area contributed by atoms with E-state index in [0.717, 1.165) is 10.7 Å². The highest BCUT2D eigenvalue weighted by atomic mass is 19.4. The minimum atomic E-state index is -4.62. The molecule has 3 aromatic rings. The summed E-state index contributed by atoms with van der Waals surface area (Å²) in [5.41, 5.74) is 4.70. The standard InChI is InChI=1S/C17H12F6N4/c1-27-14(6-15(26-27)17(21,22)23)9-2-8(16(24)25-7-9)3-11-12(19)4-10(18)5-13(11)20/h2,4-7H,3H2,1H3,(H2,24,25). The largest absolute Gasteiger partial charge is 0.435 e. The molecule has 0 unspecified atom stereocenters. The van der Waals surface area contributed by atoms with Gasteiger partial charge in [-0.1, -0.05) is 0 Å². The summed E-state index contributed by atoms with van der Waals surface area (Å²) < 4.78 is 80.3. The second-order valence-corrected chi connectivity index (χ2v) is 5.83. The number of hydrogen-bond acceptors (Lipinski definition) is 3. The lowest BCUT2D eigenvalue weighted by Crippen LogP contribution is -2.06. The van der Waals surface area contributed by atoms with Crippen LogP contribution < -0.4 is 5.73 Å². The average molecular weight is 386 g/mol. The maximum Gasteiger partial charge on any atom is 0.435 e. The number of nitrogen functional groups attached to an aromatic ring is 1. The van der Waals surface area contributed by atoms with Gasteiger partial charge in [-0.15, -0.1) is 0 Å². The van der Waals surface area contributed by atoms with E-state index in [0.29, 0.717) is 12.1 Å². The molecular weight excluding hydrogens is 374 g/mol. The second-order valence-electron chi connectivity index (χ2n) is 5.83. The fourth-order valence-electron chi connectivity index (χ4n) is 2.61. The minimum Gasteiger partial charge on any atom is -0.383 e. The van der Waals surface area contributed by atoms with E-state index < -0.39 is 34.9 Å². The molecule has 142 valence electrons. The molecule has 0 aliphatic carbocycles. The topological polar surface area (TPSA) is 56.7 Å². The summed E-state index contributed by atoms with van der Waals surface area (Å²) in [7, 11) is 1.32. The van der Waals surface area contributed by atoms with Crippen molar-refractivity contribution in [2.24, 2.45) is 7.05 Å². The summed E-state index contributed by atoms with van der Waals surface area (Å²) in [6, 6.07) is 3.25. The zero-order valence-electron chi connectivity index (χ0n) is 13.8. The van der Waals surface area contributed by atoms with Crippen molar-refractivity contribution in [3.63, 3.8) is 0 Å². The Labute approximate surface area is 149 Å². The van der Waals surface area contributed by atoms with Crippen LogP contribution in [0.3, 0.4) is 0 Å². The molecule has 0 saturated heterocycles. The summed E-state index contributed by atoms with van der Waals surface area (Å²) in [6.45, 7) is 0. The molecule has 0 amide bonds. The fourth-order valence-corrected chi connectivity index (χ4v) is 2.61. The monoisotopic (exact) mass is 386 g/mol. The molecule has 2 N–H and O–H groups in total. The lowest BCUT2D eigenvalue weighted by atomic mass is 10.0. The van der Waals surface area contributed by atoms with Gasteiger partial charge in [0.1, 0.15) is 23.3 Å². The molecular formula is C17H12F6N4. The quantitative estimate of drug-likeness (QED) is 0.690. The molecule has 0 aliphatic rings. The molecule has 3 rings (SSSR count). The Morgan fingerprint density at radius 1 is 1.04 bits per heavy atom.